The normalized spacial score (nSPS) is 12.4. The molecule has 0 amide bonds. The van der Waals surface area contributed by atoms with Crippen LogP contribution in [0, 0.1) is 111 Å². The number of hydrogen-bond acceptors (Lipinski definition) is 0. The van der Waals surface area contributed by atoms with Gasteiger partial charge in [0.15, 0.2) is 30.9 Å². The molecule has 0 aliphatic carbocycles. The van der Waals surface area contributed by atoms with Gasteiger partial charge in [0.2, 0.25) is 28.5 Å². The fraction of sp³-hybridized carbons (Fsp3) is 0.276. The van der Waals surface area contributed by atoms with Crippen molar-refractivity contribution in [3.8, 4) is 56.3 Å². The maximum atomic E-state index is 8.38. The molecule has 0 N–H and O–H groups in total. The summed E-state index contributed by atoms with van der Waals surface area (Å²) in [4.78, 5) is 0. The third-order valence-corrected chi connectivity index (χ3v) is 14.4. The van der Waals surface area contributed by atoms with Crippen LogP contribution in [0.4, 0.5) is 0 Å². The molecule has 10 rings (SSSR count). The van der Waals surface area contributed by atoms with E-state index in [0.717, 1.165) is 140 Å². The van der Waals surface area contributed by atoms with E-state index in [2.05, 4.69) is 36.4 Å². The highest BCUT2D eigenvalue weighted by molar-refractivity contribution is 5.66. The summed E-state index contributed by atoms with van der Waals surface area (Å²) < 4.78 is 97.6. The second-order valence-electron chi connectivity index (χ2n) is 21.8. The first-order chi connectivity index (χ1) is 42.9. The first kappa shape index (κ1) is 47.6. The van der Waals surface area contributed by atoms with Gasteiger partial charge < -0.3 is 0 Å². The summed E-state index contributed by atoms with van der Waals surface area (Å²) >= 11 is 0. The van der Waals surface area contributed by atoms with E-state index in [1.54, 1.807) is 10.6 Å². The highest BCUT2D eigenvalue weighted by Crippen LogP contribution is 2.27. The monoisotopic (exact) mass is 1090 g/mol. The van der Waals surface area contributed by atoms with Crippen molar-refractivity contribution < 1.29 is 37.9 Å². The Bertz CT molecular complexity index is 4410. The quantitative estimate of drug-likeness (QED) is 0.153. The minimum absolute atomic E-state index is 0.418. The molecule has 10 aromatic rings. The second kappa shape index (κ2) is 27.8. The molecule has 0 saturated carbocycles. The van der Waals surface area contributed by atoms with Crippen LogP contribution in [0.25, 0.3) is 56.3 Å². The smallest absolute Gasteiger partial charge is 0.201 e. The molecular weight excluding hydrogens is 983 g/mol. The lowest BCUT2D eigenvalue weighted by atomic mass is 10.00. The molecule has 416 valence electrons. The van der Waals surface area contributed by atoms with Crippen LogP contribution in [0.5, 0.6) is 0 Å². The molecule has 0 unspecified atom stereocenters. The minimum Gasteiger partial charge on any atom is -0.201 e. The molecule has 5 heteroatoms. The molecule has 0 radical (unpaired) electrons. The minimum atomic E-state index is 0.418. The molecule has 0 atom stereocenters. The molecule has 0 spiro atoms. The lowest BCUT2D eigenvalue weighted by Crippen LogP contribution is -2.31. The summed E-state index contributed by atoms with van der Waals surface area (Å²) in [6, 6.07) is 38.4. The standard InChI is InChI=1S/2C16H20N.2C15H18N.C14H16N/c2*1-11-6-7-12(2)15(8-11)16-9-13(3)14(4)10-17(16)5;1-11-5-7-13(3)14(9-11)15-8-6-12(2)10-16(15)4;1-11-5-6-13(3)14(9-11)15-10-12(2)7-8-16(15)4;1-11-7-8-12(2)13(10-11)14-6-4-5-9-15(14)3/h2*6-10H,1-5H3;2*5-10H,1-4H3;4-10H,1-3H3/q5*+1/i7D,9D,10D;2*7D,10D;6D,8D;8D,9D. The average molecular weight is 1090 g/mol. The maximum Gasteiger partial charge on any atom is 0.212 e. The van der Waals surface area contributed by atoms with E-state index >= 15 is 0 Å². The zero-order chi connectivity index (χ0) is 69.0. The lowest BCUT2D eigenvalue weighted by Gasteiger charge is -2.07. The van der Waals surface area contributed by atoms with E-state index < -0.39 is 0 Å². The fourth-order valence-corrected chi connectivity index (χ4v) is 9.34. The molecule has 0 bridgehead atoms. The van der Waals surface area contributed by atoms with Crippen molar-refractivity contribution in [2.45, 2.75) is 111 Å². The van der Waals surface area contributed by atoms with Crippen LogP contribution in [0.1, 0.15) is 104 Å². The van der Waals surface area contributed by atoms with Gasteiger partial charge in [-0.1, -0.05) is 88.4 Å². The van der Waals surface area contributed by atoms with E-state index in [1.807, 2.05) is 231 Å². The lowest BCUT2D eigenvalue weighted by molar-refractivity contribution is -0.660. The topological polar surface area (TPSA) is 19.4 Å². The van der Waals surface area contributed by atoms with E-state index in [1.165, 1.54) is 0 Å². The molecule has 5 heterocycles. The summed E-state index contributed by atoms with van der Waals surface area (Å²) in [6.45, 7) is 31.4. The molecule has 5 aromatic heterocycles. The number of rotatable bonds is 5. The largest absolute Gasteiger partial charge is 0.212 e. The van der Waals surface area contributed by atoms with E-state index in [-0.39, 0.29) is 0 Å². The van der Waals surface area contributed by atoms with Gasteiger partial charge in [0.1, 0.15) is 42.1 Å². The molecular formula is C76H92N5+5. The first-order valence-corrected chi connectivity index (χ1v) is 27.6. The number of aromatic nitrogens is 5. The molecule has 5 aromatic carbocycles. The Morgan fingerprint density at radius 1 is 0.247 bits per heavy atom. The number of hydrogen-bond donors (Lipinski definition) is 0. The number of pyridine rings is 5. The highest BCUT2D eigenvalue weighted by Gasteiger charge is 2.18. The molecule has 81 heavy (non-hydrogen) atoms. The van der Waals surface area contributed by atoms with Crippen molar-refractivity contribution in [2.75, 3.05) is 0 Å². The van der Waals surface area contributed by atoms with Crippen LogP contribution in [-0.2, 0) is 35.2 Å². The Hall–Kier alpha value is -8.15. The third kappa shape index (κ3) is 16.5. The maximum absolute atomic E-state index is 8.38. The average Bonchev–Trinajstić information content (AvgIpc) is 0.815. The first-order valence-electron chi connectivity index (χ1n) is 33.1. The SMILES string of the molecule is [2H]c1cc(C)cc(-c2c([2H])c(C)c(C)c([2H])[n+]2C)c1C.[2H]c1cc(C)cc(-c2cc(C)c(C)c([2H])[n+]2C)c1C.[2H]c1cc(C)cc(-c2cc(C)cc([2H])[n+]2C)c1C.[2H]c1cc(C)cc(-c2ccc(C)c([2H])[n+]2C)c1C.[2H]c1cc(C)cc(-c2cccc([2H])[n+]2C)c1C. The van der Waals surface area contributed by atoms with Gasteiger partial charge in [0.25, 0.3) is 0 Å². The Morgan fingerprint density at radius 3 is 1.05 bits per heavy atom. The second-order valence-corrected chi connectivity index (χ2v) is 21.8. The van der Waals surface area contributed by atoms with Gasteiger partial charge in [-0.2, -0.15) is 0 Å². The van der Waals surface area contributed by atoms with Crippen molar-refractivity contribution in [1.29, 1.82) is 0 Å². The van der Waals surface area contributed by atoms with Crippen molar-refractivity contribution in [1.82, 2.24) is 0 Å². The van der Waals surface area contributed by atoms with Crippen LogP contribution < -0.4 is 22.8 Å². The Labute approximate surface area is 503 Å². The van der Waals surface area contributed by atoms with Crippen LogP contribution in [0.2, 0.25) is 0 Å². The van der Waals surface area contributed by atoms with E-state index in [0.29, 0.717) is 72.8 Å². The third-order valence-electron chi connectivity index (χ3n) is 14.4. The van der Waals surface area contributed by atoms with Crippen LogP contribution in [0.3, 0.4) is 0 Å². The van der Waals surface area contributed by atoms with Gasteiger partial charge in [-0.15, -0.1) is 0 Å². The van der Waals surface area contributed by atoms with Gasteiger partial charge in [0, 0.05) is 86.9 Å². The zero-order valence-electron chi connectivity index (χ0n) is 63.1. The Balaban J connectivity index is 0.000000183. The van der Waals surface area contributed by atoms with Gasteiger partial charge in [-0.25, -0.2) is 22.8 Å². The van der Waals surface area contributed by atoms with Gasteiger partial charge in [0.05, 0.1) is 8.22 Å². The van der Waals surface area contributed by atoms with Crippen LogP contribution in [-0.4, -0.2) is 0 Å². The highest BCUT2D eigenvalue weighted by atomic mass is 14.9. The fourth-order valence-electron chi connectivity index (χ4n) is 9.34. The van der Waals surface area contributed by atoms with E-state index in [4.69, 9.17) is 15.1 Å². The summed E-state index contributed by atoms with van der Waals surface area (Å²) in [5, 5.41) is 0. The van der Waals surface area contributed by atoms with Crippen molar-refractivity contribution in [3.05, 3.63) is 265 Å². The molecule has 0 aliphatic rings. The van der Waals surface area contributed by atoms with Gasteiger partial charge >= 0.3 is 0 Å². The summed E-state index contributed by atoms with van der Waals surface area (Å²) in [6.07, 6.45) is 2.41. The summed E-state index contributed by atoms with van der Waals surface area (Å²) in [7, 11) is 9.39. The van der Waals surface area contributed by atoms with E-state index in [9.17, 15) is 0 Å². The summed E-state index contributed by atoms with van der Waals surface area (Å²) in [5.41, 5.74) is 25.5. The number of benzene rings is 5. The number of nitrogens with zero attached hydrogens (tertiary/aromatic N) is 5. The van der Waals surface area contributed by atoms with Crippen molar-refractivity contribution in [3.63, 3.8) is 0 Å². The van der Waals surface area contributed by atoms with Gasteiger partial charge in [-0.05, 0) is 198 Å². The number of aryl methyl sites for hydroxylation is 8. The van der Waals surface area contributed by atoms with Crippen LogP contribution >= 0.6 is 0 Å². The molecule has 0 fully saturated rings. The molecule has 5 nitrogen and oxygen atoms in total. The Kier molecular flexibility index (Phi) is 16.4. The predicted molar refractivity (Wildman–Crippen MR) is 341 cm³/mol. The zero-order valence-corrected chi connectivity index (χ0v) is 52.1. The van der Waals surface area contributed by atoms with Crippen molar-refractivity contribution >= 4 is 0 Å². The molecule has 0 saturated heterocycles. The van der Waals surface area contributed by atoms with Crippen molar-refractivity contribution in [2.24, 2.45) is 35.2 Å². The molecule has 0 aliphatic heterocycles. The Morgan fingerprint density at radius 2 is 0.593 bits per heavy atom. The predicted octanol–water partition coefficient (Wildman–Crippen LogP) is 15.8. The summed E-state index contributed by atoms with van der Waals surface area (Å²) in [5.74, 6) is 0. The van der Waals surface area contributed by atoms with Gasteiger partial charge in [-0.3, -0.25) is 0 Å². The van der Waals surface area contributed by atoms with Crippen LogP contribution in [0.15, 0.2) is 176 Å².